The van der Waals surface area contributed by atoms with Gasteiger partial charge in [-0.3, -0.25) is 14.5 Å². The quantitative estimate of drug-likeness (QED) is 0.0369. The van der Waals surface area contributed by atoms with Crippen LogP contribution in [0.2, 0.25) is 0 Å². The molecule has 0 aromatic carbocycles. The molecule has 7 nitrogen and oxygen atoms in total. The highest BCUT2D eigenvalue weighted by Crippen LogP contribution is 2.67. The third-order valence-electron chi connectivity index (χ3n) is 17.9. The number of rotatable bonds is 33. The molecule has 4 fully saturated rings. The molecule has 3 saturated carbocycles. The van der Waals surface area contributed by atoms with Gasteiger partial charge in [0.2, 0.25) is 0 Å². The minimum absolute atomic E-state index is 0.00987. The SMILES string of the molecule is CCCCC/C=C\C/C=C\CCCCCCCCOC[C@@H](CN1CCC[C@@H]1C)OCCCOC(=O)CCC(=O)O[C@H]1CC[C@@]2(C)C(=CCC3C2CC[C@@]2(C)C3CC[C@@H]2[C@H](C)CCCC(C)C)C1. The summed E-state index contributed by atoms with van der Waals surface area (Å²) in [6, 6.07) is 0.577. The van der Waals surface area contributed by atoms with Crippen molar-refractivity contribution in [1.82, 2.24) is 4.90 Å². The van der Waals surface area contributed by atoms with Gasteiger partial charge in [0.25, 0.3) is 0 Å². The predicted molar refractivity (Wildman–Crippen MR) is 278 cm³/mol. The maximum atomic E-state index is 13.0. The Bertz CT molecular complexity index is 1500. The zero-order valence-corrected chi connectivity index (χ0v) is 44.5. The molecular weight excluding hydrogens is 831 g/mol. The summed E-state index contributed by atoms with van der Waals surface area (Å²) in [6.07, 6.45) is 43.8. The summed E-state index contributed by atoms with van der Waals surface area (Å²) in [6.45, 7) is 21.3. The maximum Gasteiger partial charge on any atom is 0.306 e. The highest BCUT2D eigenvalue weighted by atomic mass is 16.6. The van der Waals surface area contributed by atoms with Crippen LogP contribution in [0, 0.1) is 46.3 Å². The topological polar surface area (TPSA) is 74.3 Å². The van der Waals surface area contributed by atoms with Crippen LogP contribution in [-0.2, 0) is 28.5 Å². The summed E-state index contributed by atoms with van der Waals surface area (Å²) < 4.78 is 24.1. The van der Waals surface area contributed by atoms with Gasteiger partial charge < -0.3 is 18.9 Å². The van der Waals surface area contributed by atoms with Gasteiger partial charge >= 0.3 is 11.9 Å². The Hall–Kier alpha value is -1.96. The summed E-state index contributed by atoms with van der Waals surface area (Å²) in [7, 11) is 0. The Kier molecular flexibility index (Phi) is 25.1. The first-order valence-corrected chi connectivity index (χ1v) is 28.7. The average Bonchev–Trinajstić information content (AvgIpc) is 3.88. The number of fused-ring (bicyclic) bond motifs is 5. The van der Waals surface area contributed by atoms with Crippen LogP contribution < -0.4 is 0 Å². The minimum Gasteiger partial charge on any atom is -0.466 e. The zero-order chi connectivity index (χ0) is 47.9. The number of carbonyl (C=O) groups excluding carboxylic acids is 2. The molecule has 1 aliphatic heterocycles. The number of hydrogen-bond donors (Lipinski definition) is 0. The normalized spacial score (nSPS) is 29.5. The molecule has 384 valence electrons. The van der Waals surface area contributed by atoms with E-state index in [9.17, 15) is 9.59 Å². The lowest BCUT2D eigenvalue weighted by molar-refractivity contribution is -0.155. The van der Waals surface area contributed by atoms with Crippen molar-refractivity contribution >= 4 is 11.9 Å². The second kappa shape index (κ2) is 30.0. The first-order valence-electron chi connectivity index (χ1n) is 28.7. The van der Waals surface area contributed by atoms with Gasteiger partial charge in [0.15, 0.2) is 0 Å². The van der Waals surface area contributed by atoms with Gasteiger partial charge in [-0.05, 0) is 156 Å². The zero-order valence-electron chi connectivity index (χ0n) is 44.5. The fourth-order valence-electron chi connectivity index (χ4n) is 13.9. The number of esters is 2. The summed E-state index contributed by atoms with van der Waals surface area (Å²) in [5.74, 6) is 4.31. The first kappa shape index (κ1) is 56.0. The van der Waals surface area contributed by atoms with Crippen LogP contribution >= 0.6 is 0 Å². The van der Waals surface area contributed by atoms with E-state index in [1.165, 1.54) is 134 Å². The Morgan fingerprint density at radius 2 is 1.52 bits per heavy atom. The van der Waals surface area contributed by atoms with Gasteiger partial charge in [0, 0.05) is 32.0 Å². The summed E-state index contributed by atoms with van der Waals surface area (Å²) in [4.78, 5) is 28.2. The smallest absolute Gasteiger partial charge is 0.306 e. The molecule has 0 N–H and O–H groups in total. The van der Waals surface area contributed by atoms with Crippen LogP contribution in [0.1, 0.15) is 228 Å². The van der Waals surface area contributed by atoms with E-state index in [4.69, 9.17) is 18.9 Å². The van der Waals surface area contributed by atoms with Crippen molar-refractivity contribution in [2.75, 3.05) is 39.5 Å². The van der Waals surface area contributed by atoms with Crippen LogP contribution in [0.25, 0.3) is 0 Å². The molecular formula is C60H103NO6. The Morgan fingerprint density at radius 1 is 0.776 bits per heavy atom. The van der Waals surface area contributed by atoms with Crippen molar-refractivity contribution in [1.29, 1.82) is 0 Å². The van der Waals surface area contributed by atoms with E-state index >= 15 is 0 Å². The fraction of sp³-hybridized carbons (Fsp3) is 0.867. The number of carbonyl (C=O) groups is 2. The molecule has 3 unspecified atom stereocenters. The van der Waals surface area contributed by atoms with Gasteiger partial charge in [-0.1, -0.05) is 135 Å². The third kappa shape index (κ3) is 18.0. The molecule has 1 saturated heterocycles. The lowest BCUT2D eigenvalue weighted by Crippen LogP contribution is -2.51. The molecule has 7 heteroatoms. The average molecular weight is 934 g/mol. The summed E-state index contributed by atoms with van der Waals surface area (Å²) >= 11 is 0. The van der Waals surface area contributed by atoms with Gasteiger partial charge in [-0.15, -0.1) is 0 Å². The second-order valence-corrected chi connectivity index (χ2v) is 23.4. The Labute approximate surface area is 412 Å². The molecule has 0 amide bonds. The Morgan fingerprint density at radius 3 is 2.27 bits per heavy atom. The summed E-state index contributed by atoms with van der Waals surface area (Å²) in [5, 5.41) is 0. The van der Waals surface area contributed by atoms with E-state index < -0.39 is 0 Å². The number of allylic oxidation sites excluding steroid dienone is 5. The van der Waals surface area contributed by atoms with Gasteiger partial charge in [-0.25, -0.2) is 0 Å². The lowest BCUT2D eigenvalue weighted by atomic mass is 9.47. The van der Waals surface area contributed by atoms with E-state index in [1.807, 2.05) is 0 Å². The van der Waals surface area contributed by atoms with Crippen LogP contribution in [0.5, 0.6) is 0 Å². The predicted octanol–water partition coefficient (Wildman–Crippen LogP) is 15.4. The standard InChI is InChI=1S/C60H103NO6/c1-8-9-10-11-12-13-14-15-16-17-18-19-20-21-22-23-41-64-46-52(45-61-40-25-29-49(61)5)65-42-26-43-66-57(62)34-35-58(63)67-51-36-38-59(6)50(44-51)30-31-53-55-33-32-54(48(4)28-24-27-47(2)3)60(55,7)39-37-56(53)59/h12-13,15-16,30,47-49,51-56H,8-11,14,17-29,31-46H2,1-7H3/b13-12-,16-15-/t48-,49+,51+,52-,53?,54-,55?,56?,59+,60-/m1/s1. The van der Waals surface area contributed by atoms with Crippen molar-refractivity contribution in [3.8, 4) is 0 Å². The number of hydrogen-bond acceptors (Lipinski definition) is 7. The second-order valence-electron chi connectivity index (χ2n) is 23.4. The third-order valence-corrected chi connectivity index (χ3v) is 17.9. The number of ether oxygens (including phenoxy) is 4. The van der Waals surface area contributed by atoms with Crippen LogP contribution in [0.15, 0.2) is 36.0 Å². The largest absolute Gasteiger partial charge is 0.466 e. The molecule has 0 spiro atoms. The van der Waals surface area contributed by atoms with Crippen molar-refractivity contribution in [2.45, 2.75) is 246 Å². The molecule has 0 aromatic rings. The van der Waals surface area contributed by atoms with Gasteiger partial charge in [-0.2, -0.15) is 0 Å². The van der Waals surface area contributed by atoms with Crippen LogP contribution in [-0.4, -0.2) is 74.6 Å². The maximum absolute atomic E-state index is 13.0. The molecule has 0 bridgehead atoms. The van der Waals surface area contributed by atoms with E-state index in [0.29, 0.717) is 37.7 Å². The van der Waals surface area contributed by atoms with E-state index in [-0.39, 0.29) is 42.4 Å². The first-order chi connectivity index (χ1) is 32.4. The van der Waals surface area contributed by atoms with Crippen LogP contribution in [0.4, 0.5) is 0 Å². The highest BCUT2D eigenvalue weighted by molar-refractivity contribution is 5.77. The van der Waals surface area contributed by atoms with E-state index in [1.54, 1.807) is 0 Å². The molecule has 4 aliphatic carbocycles. The molecule has 5 aliphatic rings. The van der Waals surface area contributed by atoms with Crippen molar-refractivity contribution in [3.05, 3.63) is 36.0 Å². The van der Waals surface area contributed by atoms with E-state index in [0.717, 1.165) is 87.3 Å². The summed E-state index contributed by atoms with van der Waals surface area (Å²) in [5.41, 5.74) is 2.26. The highest BCUT2D eigenvalue weighted by Gasteiger charge is 2.59. The molecule has 5 rings (SSSR count). The molecule has 0 radical (unpaired) electrons. The lowest BCUT2D eigenvalue weighted by Gasteiger charge is -2.58. The van der Waals surface area contributed by atoms with Crippen LogP contribution in [0.3, 0.4) is 0 Å². The van der Waals surface area contributed by atoms with Gasteiger partial charge in [0.05, 0.1) is 38.8 Å². The van der Waals surface area contributed by atoms with Crippen molar-refractivity contribution in [2.24, 2.45) is 46.3 Å². The fourth-order valence-corrected chi connectivity index (χ4v) is 13.9. The minimum atomic E-state index is -0.336. The number of nitrogens with zero attached hydrogens (tertiary/aromatic N) is 1. The van der Waals surface area contributed by atoms with E-state index in [2.05, 4.69) is 83.7 Å². The number of likely N-dealkylation sites (tertiary alicyclic amines) is 1. The molecule has 0 aromatic heterocycles. The van der Waals surface area contributed by atoms with Crippen molar-refractivity contribution < 1.29 is 28.5 Å². The van der Waals surface area contributed by atoms with Gasteiger partial charge in [0.1, 0.15) is 6.10 Å². The molecule has 10 atom stereocenters. The Balaban J connectivity index is 0.911. The monoisotopic (exact) mass is 934 g/mol. The number of unbranched alkanes of at least 4 members (excludes halogenated alkanes) is 9. The van der Waals surface area contributed by atoms with Crippen molar-refractivity contribution in [3.63, 3.8) is 0 Å². The molecule has 1 heterocycles. The molecule has 67 heavy (non-hydrogen) atoms.